The highest BCUT2D eigenvalue weighted by Crippen LogP contribution is 2.34. The van der Waals surface area contributed by atoms with Gasteiger partial charge in [-0.05, 0) is 47.5 Å². The van der Waals surface area contributed by atoms with Crippen molar-refractivity contribution in [3.8, 4) is 56.5 Å². The quantitative estimate of drug-likeness (QED) is 0.171. The van der Waals surface area contributed by atoms with Crippen molar-refractivity contribution in [3.05, 3.63) is 157 Å². The van der Waals surface area contributed by atoms with Gasteiger partial charge in [0.2, 0.25) is 0 Å². The van der Waals surface area contributed by atoms with Crippen LogP contribution in [0.4, 0.5) is 0 Å². The third kappa shape index (κ3) is 6.01. The lowest BCUT2D eigenvalue weighted by molar-refractivity contribution is 0.307. The minimum atomic E-state index is 0.501. The summed E-state index contributed by atoms with van der Waals surface area (Å²) in [6, 6.07) is 48.7. The zero-order valence-corrected chi connectivity index (χ0v) is 24.0. The molecule has 0 radical (unpaired) electrons. The molecule has 2 heterocycles. The molecular formula is C38H30N4O2. The highest BCUT2D eigenvalue weighted by Gasteiger charge is 2.13. The van der Waals surface area contributed by atoms with Gasteiger partial charge >= 0.3 is 0 Å². The van der Waals surface area contributed by atoms with Crippen molar-refractivity contribution in [2.45, 2.75) is 13.2 Å². The summed E-state index contributed by atoms with van der Waals surface area (Å²) in [5.41, 5.74) is 9.72. The molecule has 7 rings (SSSR count). The number of H-pyrrole nitrogens is 2. The number of hydrogen-bond donors (Lipinski definition) is 2. The first kappa shape index (κ1) is 27.0. The summed E-state index contributed by atoms with van der Waals surface area (Å²) in [5, 5.41) is 15.6. The maximum absolute atomic E-state index is 6.17. The number of para-hydroxylation sites is 2. The molecule has 6 nitrogen and oxygen atoms in total. The predicted octanol–water partition coefficient (Wildman–Crippen LogP) is 8.96. The van der Waals surface area contributed by atoms with Crippen LogP contribution in [0.2, 0.25) is 0 Å². The third-order valence-corrected chi connectivity index (χ3v) is 7.46. The Bertz CT molecular complexity index is 1820. The van der Waals surface area contributed by atoms with E-state index < -0.39 is 0 Å². The molecule has 7 aromatic rings. The number of hydrogen-bond acceptors (Lipinski definition) is 4. The molecule has 5 aromatic carbocycles. The smallest absolute Gasteiger partial charge is 0.129 e. The summed E-state index contributed by atoms with van der Waals surface area (Å²) in [4.78, 5) is 0. The molecule has 0 unspecified atom stereocenters. The molecule has 0 aliphatic carbocycles. The molecule has 44 heavy (non-hydrogen) atoms. The van der Waals surface area contributed by atoms with E-state index in [-0.39, 0.29) is 0 Å². The van der Waals surface area contributed by atoms with Crippen LogP contribution < -0.4 is 9.47 Å². The van der Waals surface area contributed by atoms with Crippen LogP contribution in [0.5, 0.6) is 11.5 Å². The van der Waals surface area contributed by atoms with Gasteiger partial charge < -0.3 is 9.47 Å². The average Bonchev–Trinajstić information content (AvgIpc) is 3.79. The Balaban J connectivity index is 1.06. The molecule has 2 N–H and O–H groups in total. The Kier molecular flexibility index (Phi) is 7.70. The Morgan fingerprint density at radius 1 is 0.432 bits per heavy atom. The summed E-state index contributed by atoms with van der Waals surface area (Å²) >= 11 is 0. The highest BCUT2D eigenvalue weighted by atomic mass is 16.5. The van der Waals surface area contributed by atoms with Crippen LogP contribution in [0, 0.1) is 0 Å². The zero-order valence-electron chi connectivity index (χ0n) is 24.0. The Morgan fingerprint density at radius 3 is 1.25 bits per heavy atom. The number of nitrogens with zero attached hydrogens (tertiary/aromatic N) is 2. The summed E-state index contributed by atoms with van der Waals surface area (Å²) in [5.74, 6) is 1.62. The van der Waals surface area contributed by atoms with Gasteiger partial charge in [0, 0.05) is 22.3 Å². The summed E-state index contributed by atoms with van der Waals surface area (Å²) < 4.78 is 12.3. The number of ether oxygens (including phenoxy) is 2. The van der Waals surface area contributed by atoms with E-state index in [4.69, 9.17) is 9.47 Å². The van der Waals surface area contributed by atoms with E-state index in [1.807, 2.05) is 84.9 Å². The Hall–Kier alpha value is -5.88. The van der Waals surface area contributed by atoms with E-state index >= 15 is 0 Å². The fourth-order valence-corrected chi connectivity index (χ4v) is 5.13. The molecule has 0 aliphatic rings. The van der Waals surface area contributed by atoms with E-state index in [1.54, 1.807) is 0 Å². The van der Waals surface area contributed by atoms with Gasteiger partial charge in [-0.3, -0.25) is 10.2 Å². The van der Waals surface area contributed by atoms with Gasteiger partial charge in [-0.2, -0.15) is 10.2 Å². The van der Waals surface area contributed by atoms with Crippen molar-refractivity contribution in [1.82, 2.24) is 20.4 Å². The normalized spacial score (nSPS) is 10.9. The molecule has 6 heteroatoms. The van der Waals surface area contributed by atoms with Crippen LogP contribution in [0.1, 0.15) is 11.1 Å². The van der Waals surface area contributed by atoms with Crippen LogP contribution in [-0.2, 0) is 13.2 Å². The minimum Gasteiger partial charge on any atom is -0.488 e. The molecule has 0 atom stereocenters. The van der Waals surface area contributed by atoms with Crippen molar-refractivity contribution in [3.63, 3.8) is 0 Å². The van der Waals surface area contributed by atoms with Crippen molar-refractivity contribution in [2.75, 3.05) is 0 Å². The monoisotopic (exact) mass is 574 g/mol. The second-order valence-electron chi connectivity index (χ2n) is 10.5. The SMILES string of the molecule is c1ccc(COc2ccccc2-c2cc(-c3ccc(-c4cc(-c5ccccc5OCc5ccccc5)[nH]n4)cc3)n[nH]2)cc1. The molecule has 0 fully saturated rings. The van der Waals surface area contributed by atoms with Crippen molar-refractivity contribution >= 4 is 0 Å². The summed E-state index contributed by atoms with van der Waals surface area (Å²) in [6.45, 7) is 1.00. The van der Waals surface area contributed by atoms with Gasteiger partial charge in [0.15, 0.2) is 0 Å². The molecule has 214 valence electrons. The van der Waals surface area contributed by atoms with Crippen LogP contribution >= 0.6 is 0 Å². The lowest BCUT2D eigenvalue weighted by Gasteiger charge is -2.10. The first-order valence-electron chi connectivity index (χ1n) is 14.5. The maximum Gasteiger partial charge on any atom is 0.129 e. The second-order valence-corrected chi connectivity index (χ2v) is 10.5. The van der Waals surface area contributed by atoms with Crippen LogP contribution in [0.15, 0.2) is 146 Å². The number of aromatic nitrogens is 4. The molecule has 2 aromatic heterocycles. The Morgan fingerprint density at radius 2 is 0.818 bits per heavy atom. The van der Waals surface area contributed by atoms with E-state index in [0.29, 0.717) is 13.2 Å². The van der Waals surface area contributed by atoms with Crippen LogP contribution in [0.25, 0.3) is 45.0 Å². The van der Waals surface area contributed by atoms with Crippen molar-refractivity contribution in [1.29, 1.82) is 0 Å². The molecule has 0 bridgehead atoms. The van der Waals surface area contributed by atoms with Gasteiger partial charge in [-0.1, -0.05) is 109 Å². The van der Waals surface area contributed by atoms with Gasteiger partial charge in [0.05, 0.1) is 22.8 Å². The fraction of sp³-hybridized carbons (Fsp3) is 0.0526. The van der Waals surface area contributed by atoms with Crippen LogP contribution in [-0.4, -0.2) is 20.4 Å². The Labute approximate surface area is 256 Å². The van der Waals surface area contributed by atoms with Crippen molar-refractivity contribution in [2.24, 2.45) is 0 Å². The standard InChI is InChI=1S/C38H30N4O2/c1-3-11-27(12-4-1)25-43-37-17-9-7-15-31(37)35-23-33(39-41-35)29-19-21-30(22-20-29)34-24-36(42-40-34)32-16-8-10-18-38(32)44-26-28-13-5-2-6-14-28/h1-24H,25-26H2,(H,39,41)(H,40,42). The summed E-state index contributed by atoms with van der Waals surface area (Å²) in [7, 11) is 0. The second kappa shape index (κ2) is 12.5. The van der Waals surface area contributed by atoms with E-state index in [2.05, 4.69) is 81.1 Å². The molecule has 0 saturated carbocycles. The lowest BCUT2D eigenvalue weighted by Crippen LogP contribution is -1.96. The number of rotatable bonds is 10. The van der Waals surface area contributed by atoms with E-state index in [1.165, 1.54) is 0 Å². The minimum absolute atomic E-state index is 0.501. The topological polar surface area (TPSA) is 75.8 Å². The first-order valence-corrected chi connectivity index (χ1v) is 14.5. The molecular weight excluding hydrogens is 544 g/mol. The zero-order chi connectivity index (χ0) is 29.6. The van der Waals surface area contributed by atoms with E-state index in [0.717, 1.165) is 67.7 Å². The fourth-order valence-electron chi connectivity index (χ4n) is 5.13. The number of nitrogens with one attached hydrogen (secondary N) is 2. The van der Waals surface area contributed by atoms with Gasteiger partial charge in [-0.15, -0.1) is 0 Å². The predicted molar refractivity (Wildman–Crippen MR) is 174 cm³/mol. The number of aromatic amines is 2. The lowest BCUT2D eigenvalue weighted by atomic mass is 10.0. The molecule has 0 saturated heterocycles. The van der Waals surface area contributed by atoms with Crippen LogP contribution in [0.3, 0.4) is 0 Å². The van der Waals surface area contributed by atoms with E-state index in [9.17, 15) is 0 Å². The highest BCUT2D eigenvalue weighted by molar-refractivity contribution is 5.75. The summed E-state index contributed by atoms with van der Waals surface area (Å²) in [6.07, 6.45) is 0. The average molecular weight is 575 g/mol. The maximum atomic E-state index is 6.17. The third-order valence-electron chi connectivity index (χ3n) is 7.46. The van der Waals surface area contributed by atoms with Gasteiger partial charge in [0.25, 0.3) is 0 Å². The molecule has 0 amide bonds. The van der Waals surface area contributed by atoms with Crippen molar-refractivity contribution < 1.29 is 9.47 Å². The van der Waals surface area contributed by atoms with Gasteiger partial charge in [-0.25, -0.2) is 0 Å². The largest absolute Gasteiger partial charge is 0.488 e. The number of benzene rings is 5. The first-order chi connectivity index (χ1) is 21.8. The van der Waals surface area contributed by atoms with Gasteiger partial charge in [0.1, 0.15) is 24.7 Å². The molecule has 0 aliphatic heterocycles. The molecule has 0 spiro atoms.